The van der Waals surface area contributed by atoms with Crippen LogP contribution >= 0.6 is 0 Å². The lowest BCUT2D eigenvalue weighted by Crippen LogP contribution is -2.33. The second kappa shape index (κ2) is 7.63. The van der Waals surface area contributed by atoms with Crippen molar-refractivity contribution in [1.29, 1.82) is 0 Å². The van der Waals surface area contributed by atoms with Crippen LogP contribution in [0.3, 0.4) is 0 Å². The molecule has 4 nitrogen and oxygen atoms in total. The van der Waals surface area contributed by atoms with Crippen LogP contribution in [0.15, 0.2) is 18.2 Å². The van der Waals surface area contributed by atoms with Gasteiger partial charge in [-0.15, -0.1) is 0 Å². The fraction of sp³-hybridized carbons (Fsp3) is 0.611. The highest BCUT2D eigenvalue weighted by atomic mass is 16.1. The van der Waals surface area contributed by atoms with Gasteiger partial charge < -0.3 is 4.90 Å². The summed E-state index contributed by atoms with van der Waals surface area (Å²) in [6, 6.07) is 5.45. The third kappa shape index (κ3) is 4.73. The molecule has 2 rings (SSSR count). The Kier molecular flexibility index (Phi) is 5.83. The monoisotopic (exact) mass is 302 g/mol. The van der Waals surface area contributed by atoms with Gasteiger partial charge in [-0.05, 0) is 51.0 Å². The number of hydrogen-bond donors (Lipinski definition) is 0. The van der Waals surface area contributed by atoms with E-state index in [1.54, 1.807) is 6.07 Å². The van der Waals surface area contributed by atoms with Crippen LogP contribution in [0.5, 0.6) is 0 Å². The van der Waals surface area contributed by atoms with Crippen LogP contribution in [0.4, 0.5) is 0 Å². The molecular formula is C18H26N2O2. The first kappa shape index (κ1) is 16.8. The molecule has 120 valence electrons. The summed E-state index contributed by atoms with van der Waals surface area (Å²) < 4.78 is 0. The van der Waals surface area contributed by atoms with Gasteiger partial charge in [0.05, 0.1) is 0 Å². The zero-order valence-corrected chi connectivity index (χ0v) is 13.8. The van der Waals surface area contributed by atoms with E-state index in [0.717, 1.165) is 25.9 Å². The lowest BCUT2D eigenvalue weighted by atomic mass is 9.91. The Hall–Kier alpha value is -1.55. The summed E-state index contributed by atoms with van der Waals surface area (Å²) in [6.45, 7) is 5.99. The molecule has 0 bridgehead atoms. The molecule has 1 fully saturated rings. The average molecular weight is 302 g/mol. The van der Waals surface area contributed by atoms with Gasteiger partial charge in [0.1, 0.15) is 11.5 Å². The van der Waals surface area contributed by atoms with Crippen molar-refractivity contribution in [2.45, 2.75) is 39.5 Å². The minimum Gasteiger partial charge on any atom is -0.306 e. The lowest BCUT2D eigenvalue weighted by molar-refractivity contribution is -0.119. The molecule has 1 aromatic heterocycles. The lowest BCUT2D eigenvalue weighted by Gasteiger charge is -2.27. The first-order valence-electron chi connectivity index (χ1n) is 8.16. The van der Waals surface area contributed by atoms with E-state index in [4.69, 9.17) is 0 Å². The maximum atomic E-state index is 12.6. The maximum Gasteiger partial charge on any atom is 0.184 e. The molecule has 2 heterocycles. The highest BCUT2D eigenvalue weighted by Crippen LogP contribution is 2.20. The summed E-state index contributed by atoms with van der Waals surface area (Å²) >= 11 is 0. The predicted octanol–water partition coefficient (Wildman–Crippen LogP) is 2.76. The van der Waals surface area contributed by atoms with Gasteiger partial charge >= 0.3 is 0 Å². The predicted molar refractivity (Wildman–Crippen MR) is 87.0 cm³/mol. The number of likely N-dealkylation sites (tertiary alicyclic amines) is 1. The fourth-order valence-corrected chi connectivity index (χ4v) is 2.92. The Morgan fingerprint density at radius 3 is 2.59 bits per heavy atom. The number of ketones is 2. The van der Waals surface area contributed by atoms with Crippen LogP contribution < -0.4 is 0 Å². The van der Waals surface area contributed by atoms with Crippen LogP contribution in [-0.2, 0) is 11.2 Å². The van der Waals surface area contributed by atoms with E-state index in [-0.39, 0.29) is 17.5 Å². The van der Waals surface area contributed by atoms with Gasteiger partial charge in [-0.3, -0.25) is 9.59 Å². The zero-order chi connectivity index (χ0) is 16.1. The number of Topliss-reactive ketones (excluding diaryl/α,β-unsaturated/α-hetero) is 2. The van der Waals surface area contributed by atoms with E-state index < -0.39 is 0 Å². The molecular weight excluding hydrogens is 276 g/mol. The number of carbonyl (C=O) groups excluding carboxylic acids is 2. The molecule has 0 amide bonds. The maximum absolute atomic E-state index is 12.6. The minimum absolute atomic E-state index is 0.0744. The van der Waals surface area contributed by atoms with Crippen molar-refractivity contribution in [3.05, 3.63) is 29.6 Å². The van der Waals surface area contributed by atoms with Crippen LogP contribution in [0.1, 0.15) is 49.3 Å². The van der Waals surface area contributed by atoms with Gasteiger partial charge in [-0.1, -0.05) is 19.9 Å². The summed E-state index contributed by atoms with van der Waals surface area (Å²) in [4.78, 5) is 31.1. The highest BCUT2D eigenvalue weighted by molar-refractivity contribution is 5.96. The van der Waals surface area contributed by atoms with Crippen molar-refractivity contribution in [3.63, 3.8) is 0 Å². The second-order valence-electron chi connectivity index (χ2n) is 6.77. The van der Waals surface area contributed by atoms with E-state index in [1.165, 1.54) is 0 Å². The molecule has 0 atom stereocenters. The molecule has 0 spiro atoms. The number of piperidine rings is 1. The smallest absolute Gasteiger partial charge is 0.184 e. The van der Waals surface area contributed by atoms with Crippen molar-refractivity contribution in [2.75, 3.05) is 20.1 Å². The van der Waals surface area contributed by atoms with Crippen LogP contribution in [0.2, 0.25) is 0 Å². The molecule has 1 aromatic rings. The number of rotatable bonds is 6. The standard InChI is InChI=1S/C18H26N2O2/c1-13(2)11-16(21)12-15-5-4-6-17(19-15)18(22)14-7-9-20(3)10-8-14/h4-6,13-14H,7-12H2,1-3H3. The molecule has 22 heavy (non-hydrogen) atoms. The molecule has 1 saturated heterocycles. The number of nitrogens with zero attached hydrogens (tertiary/aromatic N) is 2. The van der Waals surface area contributed by atoms with Crippen LogP contribution in [0, 0.1) is 11.8 Å². The van der Waals surface area contributed by atoms with Gasteiger partial charge in [-0.2, -0.15) is 0 Å². The van der Waals surface area contributed by atoms with Crippen LogP contribution in [-0.4, -0.2) is 41.6 Å². The summed E-state index contributed by atoms with van der Waals surface area (Å²) in [7, 11) is 2.08. The van der Waals surface area contributed by atoms with E-state index >= 15 is 0 Å². The average Bonchev–Trinajstić information content (AvgIpc) is 2.46. The number of aromatic nitrogens is 1. The van der Waals surface area contributed by atoms with E-state index in [9.17, 15) is 9.59 Å². The Balaban J connectivity index is 2.01. The number of hydrogen-bond acceptors (Lipinski definition) is 4. The normalized spacial score (nSPS) is 16.9. The molecule has 0 unspecified atom stereocenters. The topological polar surface area (TPSA) is 50.3 Å². The molecule has 0 radical (unpaired) electrons. The third-order valence-electron chi connectivity index (χ3n) is 4.16. The van der Waals surface area contributed by atoms with Crippen molar-refractivity contribution < 1.29 is 9.59 Å². The molecule has 1 aliphatic heterocycles. The quantitative estimate of drug-likeness (QED) is 0.758. The van der Waals surface area contributed by atoms with Gasteiger partial charge in [0.25, 0.3) is 0 Å². The Morgan fingerprint density at radius 2 is 1.95 bits per heavy atom. The van der Waals surface area contributed by atoms with Crippen molar-refractivity contribution in [1.82, 2.24) is 9.88 Å². The second-order valence-corrected chi connectivity index (χ2v) is 6.77. The van der Waals surface area contributed by atoms with E-state index in [2.05, 4.69) is 16.9 Å². The van der Waals surface area contributed by atoms with Gasteiger partial charge in [0.2, 0.25) is 0 Å². The molecule has 0 aliphatic carbocycles. The van der Waals surface area contributed by atoms with E-state index in [1.807, 2.05) is 26.0 Å². The molecule has 0 N–H and O–H groups in total. The summed E-state index contributed by atoms with van der Waals surface area (Å²) in [6.07, 6.45) is 2.68. The zero-order valence-electron chi connectivity index (χ0n) is 13.8. The first-order valence-corrected chi connectivity index (χ1v) is 8.16. The van der Waals surface area contributed by atoms with Gasteiger partial charge in [0, 0.05) is 24.5 Å². The summed E-state index contributed by atoms with van der Waals surface area (Å²) in [5.74, 6) is 0.750. The van der Waals surface area contributed by atoms with Crippen LogP contribution in [0.25, 0.3) is 0 Å². The van der Waals surface area contributed by atoms with Crippen molar-refractivity contribution >= 4 is 11.6 Å². The fourth-order valence-electron chi connectivity index (χ4n) is 2.92. The van der Waals surface area contributed by atoms with Gasteiger partial charge in [0.15, 0.2) is 5.78 Å². The Bertz CT molecular complexity index is 532. The van der Waals surface area contributed by atoms with Gasteiger partial charge in [-0.25, -0.2) is 4.98 Å². The molecule has 0 aromatic carbocycles. The summed E-state index contributed by atoms with van der Waals surface area (Å²) in [5, 5.41) is 0. The highest BCUT2D eigenvalue weighted by Gasteiger charge is 2.25. The molecule has 0 saturated carbocycles. The van der Waals surface area contributed by atoms with E-state index in [0.29, 0.717) is 30.1 Å². The number of carbonyl (C=O) groups is 2. The minimum atomic E-state index is 0.0744. The largest absolute Gasteiger partial charge is 0.306 e. The summed E-state index contributed by atoms with van der Waals surface area (Å²) in [5.41, 5.74) is 1.23. The first-order chi connectivity index (χ1) is 10.5. The molecule has 1 aliphatic rings. The number of pyridine rings is 1. The van der Waals surface area contributed by atoms with Crippen molar-refractivity contribution in [3.8, 4) is 0 Å². The third-order valence-corrected chi connectivity index (χ3v) is 4.16. The Labute approximate surface area is 132 Å². The molecule has 4 heteroatoms. The van der Waals surface area contributed by atoms with Crippen molar-refractivity contribution in [2.24, 2.45) is 11.8 Å². The Morgan fingerprint density at radius 1 is 1.27 bits per heavy atom. The SMILES string of the molecule is CC(C)CC(=O)Cc1cccc(C(=O)C2CCN(C)CC2)n1.